The van der Waals surface area contributed by atoms with E-state index >= 15 is 0 Å². The lowest BCUT2D eigenvalue weighted by Crippen LogP contribution is -2.25. The van der Waals surface area contributed by atoms with E-state index in [1.54, 1.807) is 30.3 Å². The highest BCUT2D eigenvalue weighted by Crippen LogP contribution is 2.31. The number of ether oxygens (including phenoxy) is 3. The van der Waals surface area contributed by atoms with E-state index in [1.165, 1.54) is 17.0 Å². The van der Waals surface area contributed by atoms with Crippen molar-refractivity contribution in [3.63, 3.8) is 0 Å². The van der Waals surface area contributed by atoms with E-state index in [0.29, 0.717) is 41.0 Å². The predicted octanol–water partition coefficient (Wildman–Crippen LogP) is 5.77. The summed E-state index contributed by atoms with van der Waals surface area (Å²) in [4.78, 5) is 29.4. The highest BCUT2D eigenvalue weighted by molar-refractivity contribution is 6.76. The standard InChI is InChI=1S/C27H38N2O6Si2/c1-36(2,3)12-10-33-18-29-17-28-25-23(26(29)30)15-22(20-8-7-9-21(14-20)27(31)32)16-24(25)35-19-34-11-13-37(4,5)6/h7-9,14-17H,10-13,18-19H2,1-6H3,(H,31,32). The second-order valence-corrected chi connectivity index (χ2v) is 22.8. The zero-order valence-corrected chi connectivity index (χ0v) is 24.7. The van der Waals surface area contributed by atoms with Crippen molar-refractivity contribution < 1.29 is 24.1 Å². The van der Waals surface area contributed by atoms with Gasteiger partial charge in [0.25, 0.3) is 5.56 Å². The van der Waals surface area contributed by atoms with Gasteiger partial charge >= 0.3 is 5.97 Å². The number of hydrogen-bond donors (Lipinski definition) is 1. The average Bonchev–Trinajstić information content (AvgIpc) is 2.81. The Bertz CT molecular complexity index is 1290. The van der Waals surface area contributed by atoms with Crippen molar-refractivity contribution in [2.45, 2.75) is 58.1 Å². The van der Waals surface area contributed by atoms with Crippen molar-refractivity contribution in [2.24, 2.45) is 0 Å². The second kappa shape index (κ2) is 12.2. The molecule has 200 valence electrons. The van der Waals surface area contributed by atoms with Gasteiger partial charge in [-0.25, -0.2) is 9.78 Å². The molecule has 1 N–H and O–H groups in total. The third kappa shape index (κ3) is 8.63. The Morgan fingerprint density at radius 2 is 1.62 bits per heavy atom. The molecule has 3 aromatic rings. The lowest BCUT2D eigenvalue weighted by molar-refractivity contribution is 0.0228. The summed E-state index contributed by atoms with van der Waals surface area (Å²) in [6, 6.07) is 12.1. The Labute approximate surface area is 220 Å². The van der Waals surface area contributed by atoms with E-state index in [4.69, 9.17) is 14.2 Å². The SMILES string of the molecule is C[Si](C)(C)CCOCOc1cc(-c2cccc(C(=O)O)c2)cc2c(=O)n(COCC[Si](C)(C)C)cnc12. The van der Waals surface area contributed by atoms with Gasteiger partial charge < -0.3 is 19.3 Å². The summed E-state index contributed by atoms with van der Waals surface area (Å²) < 4.78 is 18.9. The summed E-state index contributed by atoms with van der Waals surface area (Å²) in [5.41, 5.74) is 1.65. The molecule has 0 saturated heterocycles. The summed E-state index contributed by atoms with van der Waals surface area (Å²) in [5.74, 6) is -0.612. The van der Waals surface area contributed by atoms with Gasteiger partial charge in [-0.3, -0.25) is 9.36 Å². The number of aromatic carboxylic acids is 1. The molecule has 0 unspecified atom stereocenters. The van der Waals surface area contributed by atoms with Gasteiger partial charge in [0, 0.05) is 29.4 Å². The number of carbonyl (C=O) groups is 1. The molecule has 0 fully saturated rings. The maximum Gasteiger partial charge on any atom is 0.335 e. The summed E-state index contributed by atoms with van der Waals surface area (Å²) >= 11 is 0. The van der Waals surface area contributed by atoms with Gasteiger partial charge in [0.2, 0.25) is 0 Å². The molecule has 10 heteroatoms. The van der Waals surface area contributed by atoms with E-state index in [-0.39, 0.29) is 24.6 Å². The lowest BCUT2D eigenvalue weighted by atomic mass is 10.0. The van der Waals surface area contributed by atoms with E-state index in [9.17, 15) is 14.7 Å². The van der Waals surface area contributed by atoms with Gasteiger partial charge in [0.1, 0.15) is 24.3 Å². The average molecular weight is 543 g/mol. The quantitative estimate of drug-likeness (QED) is 0.166. The van der Waals surface area contributed by atoms with Gasteiger partial charge in [-0.15, -0.1) is 0 Å². The number of hydrogen-bond acceptors (Lipinski definition) is 6. The number of carboxylic acids is 1. The molecule has 1 aromatic heterocycles. The molecular formula is C27H38N2O6Si2. The van der Waals surface area contributed by atoms with Gasteiger partial charge in [-0.1, -0.05) is 51.4 Å². The molecule has 0 aliphatic heterocycles. The zero-order chi connectivity index (χ0) is 27.2. The van der Waals surface area contributed by atoms with Crippen LogP contribution in [0.2, 0.25) is 51.4 Å². The van der Waals surface area contributed by atoms with Crippen molar-refractivity contribution in [2.75, 3.05) is 20.0 Å². The Morgan fingerprint density at radius 1 is 0.946 bits per heavy atom. The van der Waals surface area contributed by atoms with Gasteiger partial charge in [-0.05, 0) is 47.5 Å². The zero-order valence-electron chi connectivity index (χ0n) is 22.7. The first-order chi connectivity index (χ1) is 17.3. The second-order valence-electron chi connectivity index (χ2n) is 11.6. The fourth-order valence-electron chi connectivity index (χ4n) is 3.52. The van der Waals surface area contributed by atoms with Crippen LogP contribution in [0, 0.1) is 0 Å². The molecule has 0 radical (unpaired) electrons. The van der Waals surface area contributed by atoms with Gasteiger partial charge in [0.15, 0.2) is 6.79 Å². The van der Waals surface area contributed by atoms with E-state index < -0.39 is 22.1 Å². The van der Waals surface area contributed by atoms with Crippen LogP contribution in [0.4, 0.5) is 0 Å². The Hall–Kier alpha value is -2.80. The Kier molecular flexibility index (Phi) is 9.46. The third-order valence-electron chi connectivity index (χ3n) is 5.86. The Balaban J connectivity index is 1.93. The van der Waals surface area contributed by atoms with Crippen LogP contribution in [-0.4, -0.2) is 56.8 Å². The molecule has 3 rings (SSSR count). The smallest absolute Gasteiger partial charge is 0.335 e. The summed E-state index contributed by atoms with van der Waals surface area (Å²) in [6.45, 7) is 15.0. The van der Waals surface area contributed by atoms with Crippen LogP contribution in [0.15, 0.2) is 47.5 Å². The first-order valence-corrected chi connectivity index (χ1v) is 19.9. The molecular weight excluding hydrogens is 504 g/mol. The first kappa shape index (κ1) is 28.8. The van der Waals surface area contributed by atoms with Gasteiger partial charge in [0.05, 0.1) is 10.9 Å². The molecule has 2 aromatic carbocycles. The fourth-order valence-corrected chi connectivity index (χ4v) is 5.04. The molecule has 8 nitrogen and oxygen atoms in total. The number of carboxylic acid groups (broad SMARTS) is 1. The van der Waals surface area contributed by atoms with E-state index in [1.807, 2.05) is 0 Å². The molecule has 0 bridgehead atoms. The van der Waals surface area contributed by atoms with E-state index in [2.05, 4.69) is 44.3 Å². The van der Waals surface area contributed by atoms with Gasteiger partial charge in [-0.2, -0.15) is 0 Å². The fraction of sp³-hybridized carbons (Fsp3) is 0.444. The molecule has 0 amide bonds. The maximum atomic E-state index is 13.4. The summed E-state index contributed by atoms with van der Waals surface area (Å²) in [5, 5.41) is 9.79. The Morgan fingerprint density at radius 3 is 2.27 bits per heavy atom. The topological polar surface area (TPSA) is 99.9 Å². The van der Waals surface area contributed by atoms with Crippen molar-refractivity contribution in [1.29, 1.82) is 0 Å². The van der Waals surface area contributed by atoms with Crippen molar-refractivity contribution in [3.05, 3.63) is 58.6 Å². The molecule has 0 atom stereocenters. The third-order valence-corrected chi connectivity index (χ3v) is 9.26. The number of aromatic nitrogens is 2. The maximum absolute atomic E-state index is 13.4. The largest absolute Gasteiger partial charge is 0.478 e. The van der Waals surface area contributed by atoms with Crippen molar-refractivity contribution in [3.8, 4) is 16.9 Å². The normalized spacial score (nSPS) is 12.2. The number of rotatable bonds is 13. The minimum absolute atomic E-state index is 0.0305. The molecule has 0 aliphatic carbocycles. The minimum atomic E-state index is -1.24. The van der Waals surface area contributed by atoms with E-state index in [0.717, 1.165) is 12.1 Å². The van der Waals surface area contributed by atoms with Crippen LogP contribution < -0.4 is 10.3 Å². The predicted molar refractivity (Wildman–Crippen MR) is 152 cm³/mol. The van der Waals surface area contributed by atoms with Crippen molar-refractivity contribution in [1.82, 2.24) is 9.55 Å². The number of benzene rings is 2. The van der Waals surface area contributed by atoms with Crippen LogP contribution >= 0.6 is 0 Å². The summed E-state index contributed by atoms with van der Waals surface area (Å²) in [7, 11) is -2.47. The molecule has 0 saturated carbocycles. The molecule has 0 aliphatic rings. The molecule has 0 spiro atoms. The summed E-state index contributed by atoms with van der Waals surface area (Å²) in [6.07, 6.45) is 1.48. The molecule has 37 heavy (non-hydrogen) atoms. The molecule has 1 heterocycles. The highest BCUT2D eigenvalue weighted by Gasteiger charge is 2.16. The minimum Gasteiger partial charge on any atom is -0.478 e. The monoisotopic (exact) mass is 542 g/mol. The van der Waals surface area contributed by atoms with Crippen LogP contribution in [0.1, 0.15) is 10.4 Å². The number of nitrogens with zero attached hydrogens (tertiary/aromatic N) is 2. The van der Waals surface area contributed by atoms with Crippen LogP contribution in [0.3, 0.4) is 0 Å². The first-order valence-electron chi connectivity index (χ1n) is 12.5. The lowest BCUT2D eigenvalue weighted by Gasteiger charge is -2.17. The highest BCUT2D eigenvalue weighted by atomic mass is 28.3. The van der Waals surface area contributed by atoms with Crippen LogP contribution in [0.25, 0.3) is 22.0 Å². The van der Waals surface area contributed by atoms with Crippen LogP contribution in [-0.2, 0) is 16.2 Å². The van der Waals surface area contributed by atoms with Crippen LogP contribution in [0.5, 0.6) is 5.75 Å². The van der Waals surface area contributed by atoms with Crippen molar-refractivity contribution >= 4 is 33.0 Å². The number of fused-ring (bicyclic) bond motifs is 1.